The molecule has 0 unspecified atom stereocenters. The van der Waals surface area contributed by atoms with Crippen LogP contribution in [-0.2, 0) is 0 Å². The maximum Gasteiger partial charge on any atom is 0.245 e. The molecule has 158 valence electrons. The Morgan fingerprint density at radius 2 is 1.72 bits per heavy atom. The fourth-order valence-electron chi connectivity index (χ4n) is 2.85. The third-order valence-electron chi connectivity index (χ3n) is 4.34. The van der Waals surface area contributed by atoms with Crippen molar-refractivity contribution in [3.8, 4) is 11.3 Å². The number of benzene rings is 2. The average molecular weight is 450 g/mol. The van der Waals surface area contributed by atoms with Gasteiger partial charge in [-0.3, -0.25) is 5.43 Å². The summed E-state index contributed by atoms with van der Waals surface area (Å²) in [4.78, 5) is 8.61. The van der Waals surface area contributed by atoms with Crippen LogP contribution >= 0.6 is 11.6 Å². The number of hydrogen-bond acceptors (Lipinski definition) is 9. The molecule has 5 aromatic rings. The first-order chi connectivity index (χ1) is 15.7. The molecule has 0 amide bonds. The fraction of sp³-hybridized carbons (Fsp3) is 0. The zero-order valence-electron chi connectivity index (χ0n) is 16.2. The van der Waals surface area contributed by atoms with Crippen molar-refractivity contribution < 1.29 is 13.4 Å². The van der Waals surface area contributed by atoms with Crippen LogP contribution in [-0.4, -0.2) is 26.5 Å². The van der Waals surface area contributed by atoms with Gasteiger partial charge in [0.25, 0.3) is 0 Å². The number of anilines is 3. The van der Waals surface area contributed by atoms with Crippen molar-refractivity contribution >= 4 is 46.4 Å². The molecule has 0 radical (unpaired) electrons. The largest absolute Gasteiger partial charge is 0.455 e. The van der Waals surface area contributed by atoms with Gasteiger partial charge in [0.1, 0.15) is 17.3 Å². The lowest BCUT2D eigenvalue weighted by atomic mass is 10.2. The van der Waals surface area contributed by atoms with Gasteiger partial charge in [-0.25, -0.2) is 14.0 Å². The Morgan fingerprint density at radius 1 is 0.938 bits per heavy atom. The summed E-state index contributed by atoms with van der Waals surface area (Å²) in [5.74, 6) is 1.22. The molecule has 32 heavy (non-hydrogen) atoms. The number of hydrazone groups is 1. The molecule has 0 fully saturated rings. The Morgan fingerprint density at radius 3 is 2.50 bits per heavy atom. The Labute approximate surface area is 184 Å². The molecule has 0 saturated heterocycles. The van der Waals surface area contributed by atoms with Crippen molar-refractivity contribution in [1.29, 1.82) is 0 Å². The van der Waals surface area contributed by atoms with Crippen LogP contribution < -0.4 is 10.7 Å². The van der Waals surface area contributed by atoms with E-state index in [2.05, 4.69) is 40.8 Å². The van der Waals surface area contributed by atoms with E-state index >= 15 is 0 Å². The van der Waals surface area contributed by atoms with Gasteiger partial charge >= 0.3 is 0 Å². The van der Waals surface area contributed by atoms with Crippen LogP contribution in [0.1, 0.15) is 5.76 Å². The molecule has 0 bridgehead atoms. The van der Waals surface area contributed by atoms with Crippen LogP contribution in [0.2, 0.25) is 5.02 Å². The fourth-order valence-corrected chi connectivity index (χ4v) is 3.03. The van der Waals surface area contributed by atoms with Gasteiger partial charge in [-0.05, 0) is 40.6 Å². The summed E-state index contributed by atoms with van der Waals surface area (Å²) in [6.07, 6.45) is 1.50. The van der Waals surface area contributed by atoms with Crippen molar-refractivity contribution in [2.75, 3.05) is 10.7 Å². The molecule has 11 heteroatoms. The number of fused-ring (bicyclic) bond motifs is 1. The summed E-state index contributed by atoms with van der Waals surface area (Å²) in [6.45, 7) is 0. The Kier molecular flexibility index (Phi) is 5.18. The molecule has 3 heterocycles. The summed E-state index contributed by atoms with van der Waals surface area (Å²) in [5.41, 5.74) is 4.62. The van der Waals surface area contributed by atoms with Gasteiger partial charge in [-0.1, -0.05) is 41.9 Å². The number of aromatic nitrogens is 4. The van der Waals surface area contributed by atoms with E-state index in [9.17, 15) is 4.39 Å². The second-order valence-corrected chi connectivity index (χ2v) is 6.93. The summed E-state index contributed by atoms with van der Waals surface area (Å²) in [6, 6.07) is 17.5. The van der Waals surface area contributed by atoms with Crippen molar-refractivity contribution in [3.63, 3.8) is 0 Å². The lowest BCUT2D eigenvalue weighted by molar-refractivity contribution is 0.314. The van der Waals surface area contributed by atoms with Crippen LogP contribution in [0, 0.1) is 5.82 Å². The first kappa shape index (κ1) is 19.6. The first-order valence-electron chi connectivity index (χ1n) is 9.32. The van der Waals surface area contributed by atoms with Crippen LogP contribution in [0.3, 0.4) is 0 Å². The Hall–Kier alpha value is -4.31. The molecule has 0 spiro atoms. The van der Waals surface area contributed by atoms with E-state index in [4.69, 9.17) is 16.0 Å². The highest BCUT2D eigenvalue weighted by molar-refractivity contribution is 6.31. The number of halogens is 2. The first-order valence-corrected chi connectivity index (χ1v) is 9.70. The zero-order chi connectivity index (χ0) is 21.9. The molecule has 5 rings (SSSR count). The SMILES string of the molecule is Fc1ccc(Nc2nc3nonc3nc2NN=Cc2ccc(-c3ccccc3)o2)cc1Cl. The van der Waals surface area contributed by atoms with E-state index in [0.717, 1.165) is 11.3 Å². The predicted octanol–water partition coefficient (Wildman–Crippen LogP) is 5.25. The summed E-state index contributed by atoms with van der Waals surface area (Å²) < 4.78 is 23.9. The van der Waals surface area contributed by atoms with Crippen molar-refractivity contribution in [2.45, 2.75) is 0 Å². The van der Waals surface area contributed by atoms with Crippen molar-refractivity contribution in [2.24, 2.45) is 5.10 Å². The third kappa shape index (κ3) is 4.12. The minimum Gasteiger partial charge on any atom is -0.455 e. The van der Waals surface area contributed by atoms with Gasteiger partial charge < -0.3 is 9.73 Å². The normalized spacial score (nSPS) is 11.3. The molecular formula is C21H13ClFN7O2. The molecule has 0 saturated carbocycles. The van der Waals surface area contributed by atoms with Crippen LogP contribution in [0.4, 0.5) is 21.7 Å². The lowest BCUT2D eigenvalue weighted by Gasteiger charge is -2.09. The quantitative estimate of drug-likeness (QED) is 0.266. The number of hydrogen-bond donors (Lipinski definition) is 2. The van der Waals surface area contributed by atoms with Gasteiger partial charge in [-0.15, -0.1) is 0 Å². The number of nitrogens with zero attached hydrogens (tertiary/aromatic N) is 5. The number of nitrogens with one attached hydrogen (secondary N) is 2. The van der Waals surface area contributed by atoms with Crippen molar-refractivity contribution in [3.05, 3.63) is 77.3 Å². The molecule has 2 aromatic carbocycles. The molecule has 0 aliphatic heterocycles. The van der Waals surface area contributed by atoms with Gasteiger partial charge in [0.15, 0.2) is 11.6 Å². The number of rotatable bonds is 6. The molecule has 0 aliphatic carbocycles. The topological polar surface area (TPSA) is 114 Å². The van der Waals surface area contributed by atoms with Gasteiger partial charge in [0.05, 0.1) is 11.2 Å². The number of furan rings is 1. The summed E-state index contributed by atoms with van der Waals surface area (Å²) >= 11 is 5.86. The highest BCUT2D eigenvalue weighted by atomic mass is 35.5. The summed E-state index contributed by atoms with van der Waals surface area (Å²) in [5, 5.41) is 14.5. The maximum atomic E-state index is 13.5. The van der Waals surface area contributed by atoms with E-state index in [0.29, 0.717) is 11.4 Å². The predicted molar refractivity (Wildman–Crippen MR) is 117 cm³/mol. The molecule has 9 nitrogen and oxygen atoms in total. The molecular weight excluding hydrogens is 437 g/mol. The van der Waals surface area contributed by atoms with Crippen LogP contribution in [0.15, 0.2) is 74.8 Å². The minimum absolute atomic E-state index is 0.0355. The monoisotopic (exact) mass is 449 g/mol. The standard InChI is InChI=1S/C21H13ClFN7O2/c22-15-10-13(6-8-16(15)23)25-18-19(27-21-20(26-18)29-32-30-21)28-24-11-14-7-9-17(31-14)12-4-2-1-3-5-12/h1-11H,(H,25,26,29)(H,27,28,30). The lowest BCUT2D eigenvalue weighted by Crippen LogP contribution is -2.03. The highest BCUT2D eigenvalue weighted by Gasteiger charge is 2.13. The van der Waals surface area contributed by atoms with Gasteiger partial charge in [0.2, 0.25) is 11.3 Å². The highest BCUT2D eigenvalue weighted by Crippen LogP contribution is 2.27. The van der Waals surface area contributed by atoms with E-state index in [-0.39, 0.29) is 28.0 Å². The van der Waals surface area contributed by atoms with E-state index < -0.39 is 5.82 Å². The van der Waals surface area contributed by atoms with Crippen molar-refractivity contribution in [1.82, 2.24) is 20.3 Å². The average Bonchev–Trinajstić information content (AvgIpc) is 3.46. The zero-order valence-corrected chi connectivity index (χ0v) is 16.9. The van der Waals surface area contributed by atoms with Crippen LogP contribution in [0.5, 0.6) is 0 Å². The molecule has 0 atom stereocenters. The molecule has 0 aliphatic rings. The minimum atomic E-state index is -0.532. The summed E-state index contributed by atoms with van der Waals surface area (Å²) in [7, 11) is 0. The van der Waals surface area contributed by atoms with E-state index in [1.807, 2.05) is 36.4 Å². The van der Waals surface area contributed by atoms with Crippen LogP contribution in [0.25, 0.3) is 22.6 Å². The molecule has 2 N–H and O–H groups in total. The van der Waals surface area contributed by atoms with E-state index in [1.165, 1.54) is 24.4 Å². The Bertz CT molecular complexity index is 1420. The van der Waals surface area contributed by atoms with Gasteiger partial charge in [-0.2, -0.15) is 10.1 Å². The van der Waals surface area contributed by atoms with E-state index in [1.54, 1.807) is 6.07 Å². The second-order valence-electron chi connectivity index (χ2n) is 6.52. The maximum absolute atomic E-state index is 13.5. The van der Waals surface area contributed by atoms with Gasteiger partial charge in [0, 0.05) is 11.3 Å². The smallest absolute Gasteiger partial charge is 0.245 e. The molecule has 3 aromatic heterocycles. The third-order valence-corrected chi connectivity index (χ3v) is 4.63. The Balaban J connectivity index is 1.39. The second kappa shape index (κ2) is 8.44.